The Hall–Kier alpha value is -2.73. The smallest absolute Gasteiger partial charge is 0.207 e. The van der Waals surface area contributed by atoms with Crippen LogP contribution >= 0.6 is 11.5 Å². The number of aromatic nitrogens is 1. The van der Waals surface area contributed by atoms with Gasteiger partial charge in [0.05, 0.1) is 33.3 Å². The van der Waals surface area contributed by atoms with Crippen molar-refractivity contribution < 1.29 is 18.9 Å². The van der Waals surface area contributed by atoms with Crippen LogP contribution in [0, 0.1) is 0 Å². The highest BCUT2D eigenvalue weighted by atomic mass is 32.1. The van der Waals surface area contributed by atoms with Crippen LogP contribution < -0.4 is 18.9 Å². The Morgan fingerprint density at radius 1 is 0.828 bits per heavy atom. The molecule has 0 saturated carbocycles. The maximum Gasteiger partial charge on any atom is 0.207 e. The number of aryl methyl sites for hydroxylation is 1. The van der Waals surface area contributed by atoms with Gasteiger partial charge in [-0.15, -0.1) is 0 Å². The number of unbranched alkanes of at least 4 members (excludes halogenated alkanes) is 1. The summed E-state index contributed by atoms with van der Waals surface area (Å²) in [5.41, 5.74) is 4.29. The van der Waals surface area contributed by atoms with Crippen LogP contribution in [0.3, 0.4) is 0 Å². The molecule has 29 heavy (non-hydrogen) atoms. The van der Waals surface area contributed by atoms with Gasteiger partial charge in [0.15, 0.2) is 11.5 Å². The number of hydrogen-bond donors (Lipinski definition) is 0. The third kappa shape index (κ3) is 4.17. The van der Waals surface area contributed by atoms with E-state index in [1.807, 2.05) is 12.3 Å². The molecule has 0 amide bonds. The number of methoxy groups -OCH3 is 4. The second-order valence-corrected chi connectivity index (χ2v) is 7.40. The van der Waals surface area contributed by atoms with Gasteiger partial charge in [-0.2, -0.15) is 4.37 Å². The van der Waals surface area contributed by atoms with Crippen LogP contribution in [0.2, 0.25) is 0 Å². The lowest BCUT2D eigenvalue weighted by molar-refractivity contribution is 0.306. The van der Waals surface area contributed by atoms with Crippen LogP contribution in [0.5, 0.6) is 23.0 Å². The third-order valence-electron chi connectivity index (χ3n) is 4.88. The van der Waals surface area contributed by atoms with E-state index in [2.05, 4.69) is 35.6 Å². The fourth-order valence-corrected chi connectivity index (χ4v) is 4.14. The normalized spacial score (nSPS) is 10.7. The fourth-order valence-electron chi connectivity index (χ4n) is 3.38. The summed E-state index contributed by atoms with van der Waals surface area (Å²) in [5.74, 6) is 2.16. The molecule has 6 heteroatoms. The highest BCUT2D eigenvalue weighted by Crippen LogP contribution is 2.51. The number of benzene rings is 2. The average Bonchev–Trinajstić information content (AvgIpc) is 3.25. The molecule has 5 nitrogen and oxygen atoms in total. The molecule has 154 valence electrons. The second kappa shape index (κ2) is 9.65. The Balaban J connectivity index is 2.10. The molecule has 0 aliphatic heterocycles. The van der Waals surface area contributed by atoms with Crippen molar-refractivity contribution in [3.63, 3.8) is 0 Å². The Kier molecular flexibility index (Phi) is 6.99. The number of nitrogens with zero attached hydrogens (tertiary/aromatic N) is 1. The minimum Gasteiger partial charge on any atom is -0.493 e. The van der Waals surface area contributed by atoms with Crippen LogP contribution in [-0.2, 0) is 6.42 Å². The monoisotopic (exact) mass is 413 g/mol. The molecule has 2 aromatic carbocycles. The molecule has 0 fully saturated rings. The lowest BCUT2D eigenvalue weighted by Gasteiger charge is -2.18. The van der Waals surface area contributed by atoms with E-state index in [9.17, 15) is 0 Å². The van der Waals surface area contributed by atoms with Gasteiger partial charge in [-0.3, -0.25) is 0 Å². The van der Waals surface area contributed by atoms with Crippen LogP contribution in [0.1, 0.15) is 25.3 Å². The lowest BCUT2D eigenvalue weighted by atomic mass is 9.99. The van der Waals surface area contributed by atoms with Gasteiger partial charge in [-0.05, 0) is 41.6 Å². The first-order valence-electron chi connectivity index (χ1n) is 9.59. The topological polar surface area (TPSA) is 49.8 Å². The average molecular weight is 414 g/mol. The summed E-state index contributed by atoms with van der Waals surface area (Å²) in [5, 5.41) is 0. The molecule has 0 spiro atoms. The van der Waals surface area contributed by atoms with E-state index >= 15 is 0 Å². The van der Waals surface area contributed by atoms with Gasteiger partial charge in [0.1, 0.15) is 0 Å². The number of rotatable bonds is 9. The van der Waals surface area contributed by atoms with E-state index in [0.29, 0.717) is 23.0 Å². The zero-order valence-corrected chi connectivity index (χ0v) is 18.4. The Morgan fingerprint density at radius 3 is 2.10 bits per heavy atom. The van der Waals surface area contributed by atoms with Gasteiger partial charge in [0.25, 0.3) is 0 Å². The molecule has 3 rings (SSSR count). The van der Waals surface area contributed by atoms with Gasteiger partial charge >= 0.3 is 0 Å². The Bertz CT molecular complexity index is 950. The summed E-state index contributed by atoms with van der Waals surface area (Å²) in [7, 11) is 6.40. The van der Waals surface area contributed by atoms with Gasteiger partial charge in [-0.1, -0.05) is 37.6 Å². The zero-order valence-electron chi connectivity index (χ0n) is 17.6. The van der Waals surface area contributed by atoms with Crippen molar-refractivity contribution in [1.29, 1.82) is 0 Å². The largest absolute Gasteiger partial charge is 0.493 e. The van der Waals surface area contributed by atoms with Gasteiger partial charge in [0, 0.05) is 17.3 Å². The second-order valence-electron chi connectivity index (χ2n) is 6.60. The molecule has 0 aliphatic carbocycles. The summed E-state index contributed by atoms with van der Waals surface area (Å²) in [6.07, 6.45) is 5.36. The van der Waals surface area contributed by atoms with Crippen molar-refractivity contribution in [2.75, 3.05) is 28.4 Å². The Morgan fingerprint density at radius 2 is 1.52 bits per heavy atom. The van der Waals surface area contributed by atoms with Crippen molar-refractivity contribution >= 4 is 11.5 Å². The van der Waals surface area contributed by atoms with E-state index in [-0.39, 0.29) is 0 Å². The third-order valence-corrected chi connectivity index (χ3v) is 5.73. The first kappa shape index (κ1) is 21.0. The van der Waals surface area contributed by atoms with Crippen LogP contribution in [0.25, 0.3) is 21.6 Å². The Labute approximate surface area is 176 Å². The van der Waals surface area contributed by atoms with Crippen molar-refractivity contribution in [3.8, 4) is 44.6 Å². The van der Waals surface area contributed by atoms with Crippen LogP contribution in [0.15, 0.2) is 36.5 Å². The van der Waals surface area contributed by atoms with Crippen molar-refractivity contribution in [3.05, 3.63) is 42.1 Å². The van der Waals surface area contributed by atoms with Gasteiger partial charge < -0.3 is 18.9 Å². The van der Waals surface area contributed by atoms with Gasteiger partial charge in [-0.25, -0.2) is 0 Å². The molecular weight excluding hydrogens is 386 g/mol. The summed E-state index contributed by atoms with van der Waals surface area (Å²) in [6, 6.07) is 10.6. The maximum absolute atomic E-state index is 5.70. The molecule has 0 saturated heterocycles. The van der Waals surface area contributed by atoms with Crippen molar-refractivity contribution in [1.82, 2.24) is 4.37 Å². The minimum atomic E-state index is 0.497. The SMILES string of the molecule is CCCCc1ccc(-c2sncc2-c2cc(OC)c(OC)c(OC)c2OC)cc1. The van der Waals surface area contributed by atoms with Crippen molar-refractivity contribution in [2.24, 2.45) is 0 Å². The molecule has 0 N–H and O–H groups in total. The molecule has 0 bridgehead atoms. The molecule has 0 radical (unpaired) electrons. The van der Waals surface area contributed by atoms with E-state index in [1.54, 1.807) is 28.4 Å². The first-order valence-corrected chi connectivity index (χ1v) is 10.4. The highest BCUT2D eigenvalue weighted by Gasteiger charge is 2.24. The summed E-state index contributed by atoms with van der Waals surface area (Å²) in [4.78, 5) is 1.07. The molecule has 0 atom stereocenters. The summed E-state index contributed by atoms with van der Waals surface area (Å²) >= 11 is 1.46. The number of ether oxygens (including phenoxy) is 4. The lowest BCUT2D eigenvalue weighted by Crippen LogP contribution is -2.00. The molecule has 0 aliphatic rings. The van der Waals surface area contributed by atoms with E-state index in [0.717, 1.165) is 28.0 Å². The maximum atomic E-state index is 5.70. The highest BCUT2D eigenvalue weighted by molar-refractivity contribution is 7.10. The quantitative estimate of drug-likeness (QED) is 0.440. The number of hydrogen-bond acceptors (Lipinski definition) is 6. The van der Waals surface area contributed by atoms with E-state index in [1.165, 1.54) is 29.9 Å². The minimum absolute atomic E-state index is 0.497. The van der Waals surface area contributed by atoms with Gasteiger partial charge in [0.2, 0.25) is 11.5 Å². The van der Waals surface area contributed by atoms with E-state index < -0.39 is 0 Å². The fraction of sp³-hybridized carbons (Fsp3) is 0.348. The van der Waals surface area contributed by atoms with Crippen LogP contribution in [-0.4, -0.2) is 32.8 Å². The molecule has 3 aromatic rings. The standard InChI is InChI=1S/C23H27NO4S/c1-6-7-8-15-9-11-16(12-10-15)23-18(14-24-29-23)17-13-19(25-2)21(27-4)22(28-5)20(17)26-3/h9-14H,6-8H2,1-5H3. The molecule has 1 aromatic heterocycles. The molecule has 1 heterocycles. The van der Waals surface area contributed by atoms with Crippen LogP contribution in [0.4, 0.5) is 0 Å². The first-order chi connectivity index (χ1) is 14.2. The summed E-state index contributed by atoms with van der Waals surface area (Å²) < 4.78 is 26.8. The summed E-state index contributed by atoms with van der Waals surface area (Å²) in [6.45, 7) is 2.21. The van der Waals surface area contributed by atoms with Crippen molar-refractivity contribution in [2.45, 2.75) is 26.2 Å². The zero-order chi connectivity index (χ0) is 20.8. The predicted molar refractivity (Wildman–Crippen MR) is 118 cm³/mol. The molecule has 0 unspecified atom stereocenters. The van der Waals surface area contributed by atoms with E-state index in [4.69, 9.17) is 18.9 Å². The predicted octanol–water partition coefficient (Wildman–Crippen LogP) is 5.85. The molecular formula is C23H27NO4S.